The standard InChI is InChI=1S/C12H10O6S2/c13-19(14,15)10-7-4-8-11(20(16,17)18)12(10)9-5-2-1-3-6-9/h1-8H,(H,13,14,15)(H,16,17,18). The number of hydrogen-bond acceptors (Lipinski definition) is 4. The lowest BCUT2D eigenvalue weighted by atomic mass is 10.1. The lowest BCUT2D eigenvalue weighted by Gasteiger charge is -2.11. The Labute approximate surface area is 116 Å². The van der Waals surface area contributed by atoms with Crippen LogP contribution in [0.2, 0.25) is 0 Å². The first-order valence-electron chi connectivity index (χ1n) is 5.34. The van der Waals surface area contributed by atoms with E-state index in [9.17, 15) is 25.9 Å². The minimum absolute atomic E-state index is 0.244. The van der Waals surface area contributed by atoms with Gasteiger partial charge in [-0.05, 0) is 17.7 Å². The summed E-state index contributed by atoms with van der Waals surface area (Å²) >= 11 is 0. The highest BCUT2D eigenvalue weighted by Crippen LogP contribution is 2.33. The Morgan fingerprint density at radius 3 is 1.50 bits per heavy atom. The average Bonchev–Trinajstić information content (AvgIpc) is 2.37. The Kier molecular flexibility index (Phi) is 3.65. The summed E-state index contributed by atoms with van der Waals surface area (Å²) in [4.78, 5) is -1.17. The topological polar surface area (TPSA) is 109 Å². The van der Waals surface area contributed by atoms with Gasteiger partial charge in [-0.25, -0.2) is 0 Å². The SMILES string of the molecule is O=S(=O)(O)c1cccc(S(=O)(=O)O)c1-c1ccccc1. The maximum Gasteiger partial charge on any atom is 0.295 e. The molecule has 0 unspecified atom stereocenters. The van der Waals surface area contributed by atoms with E-state index in [-0.39, 0.29) is 11.1 Å². The van der Waals surface area contributed by atoms with Crippen LogP contribution >= 0.6 is 0 Å². The molecule has 6 nitrogen and oxygen atoms in total. The van der Waals surface area contributed by atoms with Gasteiger partial charge in [-0.3, -0.25) is 9.11 Å². The van der Waals surface area contributed by atoms with Crippen LogP contribution in [-0.4, -0.2) is 25.9 Å². The highest BCUT2D eigenvalue weighted by atomic mass is 32.2. The van der Waals surface area contributed by atoms with Crippen LogP contribution in [0.1, 0.15) is 0 Å². The first-order chi connectivity index (χ1) is 9.21. The molecule has 2 N–H and O–H groups in total. The van der Waals surface area contributed by atoms with Crippen LogP contribution in [0.3, 0.4) is 0 Å². The van der Waals surface area contributed by atoms with Gasteiger partial charge >= 0.3 is 0 Å². The van der Waals surface area contributed by atoms with E-state index in [1.54, 1.807) is 18.2 Å². The molecule has 0 saturated carbocycles. The van der Waals surface area contributed by atoms with Gasteiger partial charge in [0.2, 0.25) is 0 Å². The monoisotopic (exact) mass is 314 g/mol. The van der Waals surface area contributed by atoms with Gasteiger partial charge in [-0.15, -0.1) is 0 Å². The zero-order valence-electron chi connectivity index (χ0n) is 9.96. The van der Waals surface area contributed by atoms with Gasteiger partial charge in [-0.1, -0.05) is 36.4 Å². The molecule has 0 radical (unpaired) electrons. The molecule has 0 bridgehead atoms. The van der Waals surface area contributed by atoms with E-state index >= 15 is 0 Å². The lowest BCUT2D eigenvalue weighted by Crippen LogP contribution is -2.07. The number of benzene rings is 2. The zero-order valence-corrected chi connectivity index (χ0v) is 11.6. The average molecular weight is 314 g/mol. The molecule has 2 aromatic rings. The molecule has 0 amide bonds. The van der Waals surface area contributed by atoms with Crippen molar-refractivity contribution in [1.29, 1.82) is 0 Å². The molecule has 20 heavy (non-hydrogen) atoms. The highest BCUT2D eigenvalue weighted by molar-refractivity contribution is 7.87. The van der Waals surface area contributed by atoms with E-state index in [0.29, 0.717) is 0 Å². The van der Waals surface area contributed by atoms with E-state index in [1.807, 2.05) is 0 Å². The van der Waals surface area contributed by atoms with Gasteiger partial charge in [0.15, 0.2) is 0 Å². The quantitative estimate of drug-likeness (QED) is 0.837. The van der Waals surface area contributed by atoms with Crippen molar-refractivity contribution in [2.75, 3.05) is 0 Å². The second kappa shape index (κ2) is 4.98. The van der Waals surface area contributed by atoms with Crippen LogP contribution in [0.5, 0.6) is 0 Å². The fourth-order valence-electron chi connectivity index (χ4n) is 1.83. The van der Waals surface area contributed by atoms with Gasteiger partial charge in [0, 0.05) is 5.56 Å². The van der Waals surface area contributed by atoms with Crippen LogP contribution in [0, 0.1) is 0 Å². The molecule has 0 aliphatic heterocycles. The number of rotatable bonds is 3. The van der Waals surface area contributed by atoms with E-state index in [1.165, 1.54) is 12.1 Å². The summed E-state index contributed by atoms with van der Waals surface area (Å²) in [5.41, 5.74) is -0.0218. The molecule has 2 rings (SSSR count). The van der Waals surface area contributed by atoms with Crippen LogP contribution < -0.4 is 0 Å². The van der Waals surface area contributed by atoms with Crippen LogP contribution in [0.15, 0.2) is 58.3 Å². The van der Waals surface area contributed by atoms with Crippen molar-refractivity contribution in [3.8, 4) is 11.1 Å². The Balaban J connectivity index is 2.95. The first-order valence-corrected chi connectivity index (χ1v) is 8.22. The Morgan fingerprint density at radius 2 is 1.10 bits per heavy atom. The third kappa shape index (κ3) is 2.88. The summed E-state index contributed by atoms with van der Waals surface area (Å²) in [6.07, 6.45) is 0. The third-order valence-corrected chi connectivity index (χ3v) is 4.40. The van der Waals surface area contributed by atoms with Crippen molar-refractivity contribution in [1.82, 2.24) is 0 Å². The van der Waals surface area contributed by atoms with Crippen molar-refractivity contribution in [2.45, 2.75) is 9.79 Å². The fraction of sp³-hybridized carbons (Fsp3) is 0. The van der Waals surface area contributed by atoms with Crippen molar-refractivity contribution in [3.05, 3.63) is 48.5 Å². The number of hydrogen-bond donors (Lipinski definition) is 2. The van der Waals surface area contributed by atoms with Gasteiger partial charge in [0.25, 0.3) is 20.2 Å². The molecule has 0 fully saturated rings. The Hall–Kier alpha value is -1.74. The predicted octanol–water partition coefficient (Wildman–Crippen LogP) is 1.85. The van der Waals surface area contributed by atoms with E-state index < -0.39 is 30.0 Å². The summed E-state index contributed by atoms with van der Waals surface area (Å²) in [7, 11) is -9.28. The van der Waals surface area contributed by atoms with Crippen LogP contribution in [0.25, 0.3) is 11.1 Å². The van der Waals surface area contributed by atoms with Crippen LogP contribution in [-0.2, 0) is 20.2 Å². The second-order valence-electron chi connectivity index (χ2n) is 3.95. The summed E-state index contributed by atoms with van der Waals surface area (Å²) in [5, 5.41) is 0. The van der Waals surface area contributed by atoms with E-state index in [4.69, 9.17) is 0 Å². The predicted molar refractivity (Wildman–Crippen MR) is 71.5 cm³/mol. The van der Waals surface area contributed by atoms with Gasteiger partial charge in [0.1, 0.15) is 9.79 Å². The summed E-state index contributed by atoms with van der Waals surface area (Å²) in [5.74, 6) is 0. The maximum absolute atomic E-state index is 11.4. The molecular weight excluding hydrogens is 304 g/mol. The molecule has 0 heterocycles. The molecule has 106 valence electrons. The molecular formula is C12H10O6S2. The van der Waals surface area contributed by atoms with Gasteiger partial charge in [-0.2, -0.15) is 16.8 Å². The van der Waals surface area contributed by atoms with E-state index in [0.717, 1.165) is 18.2 Å². The van der Waals surface area contributed by atoms with Crippen molar-refractivity contribution in [2.24, 2.45) is 0 Å². The third-order valence-electron chi connectivity index (χ3n) is 2.61. The largest absolute Gasteiger partial charge is 0.295 e. The molecule has 0 spiro atoms. The zero-order chi connectivity index (χ0) is 15.0. The van der Waals surface area contributed by atoms with Crippen LogP contribution in [0.4, 0.5) is 0 Å². The highest BCUT2D eigenvalue weighted by Gasteiger charge is 2.24. The maximum atomic E-state index is 11.4. The molecule has 0 aliphatic carbocycles. The molecule has 0 aliphatic rings. The molecule has 2 aromatic carbocycles. The lowest BCUT2D eigenvalue weighted by molar-refractivity contribution is 0.482. The molecule has 8 heteroatoms. The van der Waals surface area contributed by atoms with Crippen molar-refractivity contribution >= 4 is 20.2 Å². The summed E-state index contributed by atoms with van der Waals surface area (Å²) in [6.45, 7) is 0. The van der Waals surface area contributed by atoms with Crippen molar-refractivity contribution in [3.63, 3.8) is 0 Å². The minimum Gasteiger partial charge on any atom is -0.282 e. The molecule has 0 aromatic heterocycles. The Morgan fingerprint density at radius 1 is 0.650 bits per heavy atom. The van der Waals surface area contributed by atoms with Gasteiger partial charge in [0.05, 0.1) is 0 Å². The van der Waals surface area contributed by atoms with Crippen molar-refractivity contribution < 1.29 is 25.9 Å². The summed E-state index contributed by atoms with van der Waals surface area (Å²) < 4.78 is 64.0. The Bertz CT molecular complexity index is 789. The fourth-order valence-corrected chi connectivity index (χ4v) is 3.37. The summed E-state index contributed by atoms with van der Waals surface area (Å²) in [6, 6.07) is 11.0. The minimum atomic E-state index is -4.64. The molecule has 0 saturated heterocycles. The smallest absolute Gasteiger partial charge is 0.282 e. The normalized spacial score (nSPS) is 12.3. The van der Waals surface area contributed by atoms with E-state index in [2.05, 4.69) is 0 Å². The molecule has 0 atom stereocenters. The van der Waals surface area contributed by atoms with Gasteiger partial charge < -0.3 is 0 Å². The second-order valence-corrected chi connectivity index (χ2v) is 6.73. The first kappa shape index (κ1) is 14.7.